The fourth-order valence-electron chi connectivity index (χ4n) is 1.34. The Morgan fingerprint density at radius 3 is 2.73 bits per heavy atom. The van der Waals surface area contributed by atoms with Gasteiger partial charge in [-0.25, -0.2) is 0 Å². The Morgan fingerprint density at radius 1 is 1.33 bits per heavy atom. The van der Waals surface area contributed by atoms with E-state index in [0.29, 0.717) is 11.4 Å². The third kappa shape index (κ3) is 2.01. The van der Waals surface area contributed by atoms with Gasteiger partial charge in [-0.3, -0.25) is 4.68 Å². The highest BCUT2D eigenvalue weighted by Crippen LogP contribution is 2.24. The summed E-state index contributed by atoms with van der Waals surface area (Å²) in [6, 6.07) is 5.37. The maximum absolute atomic E-state index is 5.81. The maximum atomic E-state index is 5.81. The molecule has 0 aliphatic heterocycles. The van der Waals surface area contributed by atoms with Crippen LogP contribution in [0.25, 0.3) is 0 Å². The lowest BCUT2D eigenvalue weighted by atomic mass is 10.2. The highest BCUT2D eigenvalue weighted by Gasteiger charge is 2.01. The largest absolute Gasteiger partial charge is 0.399 e. The van der Waals surface area contributed by atoms with Crippen molar-refractivity contribution in [2.45, 2.75) is 0 Å². The van der Waals surface area contributed by atoms with E-state index < -0.39 is 0 Å². The lowest BCUT2D eigenvalue weighted by Crippen LogP contribution is -1.97. The van der Waals surface area contributed by atoms with Gasteiger partial charge in [0.05, 0.1) is 23.3 Å². The maximum Gasteiger partial charge on any atom is 0.0770 e. The Morgan fingerprint density at radius 2 is 2.13 bits per heavy atom. The van der Waals surface area contributed by atoms with Gasteiger partial charge in [0.15, 0.2) is 0 Å². The number of hydrogen-bond donors (Lipinski definition) is 3. The van der Waals surface area contributed by atoms with Crippen LogP contribution in [0.5, 0.6) is 0 Å². The molecule has 78 valence electrons. The highest BCUT2D eigenvalue weighted by atomic mass is 15.3. The number of hydrogen-bond acceptors (Lipinski definition) is 4. The molecule has 0 atom stereocenters. The van der Waals surface area contributed by atoms with Crippen LogP contribution in [0.2, 0.25) is 0 Å². The third-order valence-corrected chi connectivity index (χ3v) is 2.06. The first-order valence-corrected chi connectivity index (χ1v) is 4.56. The van der Waals surface area contributed by atoms with Gasteiger partial charge in [0, 0.05) is 18.9 Å². The van der Waals surface area contributed by atoms with E-state index in [0.717, 1.165) is 11.4 Å². The second-order valence-electron chi connectivity index (χ2n) is 3.37. The first kappa shape index (κ1) is 9.39. The molecule has 1 aromatic heterocycles. The van der Waals surface area contributed by atoms with E-state index in [1.54, 1.807) is 23.0 Å². The van der Waals surface area contributed by atoms with Crippen LogP contribution >= 0.6 is 0 Å². The normalized spacial score (nSPS) is 10.2. The van der Waals surface area contributed by atoms with Crippen molar-refractivity contribution in [3.8, 4) is 0 Å². The quantitative estimate of drug-likeness (QED) is 0.643. The predicted octanol–water partition coefficient (Wildman–Crippen LogP) is 1.33. The smallest absolute Gasteiger partial charge is 0.0770 e. The number of aryl methyl sites for hydroxylation is 1. The zero-order chi connectivity index (χ0) is 10.8. The van der Waals surface area contributed by atoms with Crippen LogP contribution in [-0.2, 0) is 7.05 Å². The minimum Gasteiger partial charge on any atom is -0.399 e. The molecule has 0 fully saturated rings. The number of aromatic nitrogens is 2. The van der Waals surface area contributed by atoms with Crippen LogP contribution in [0.3, 0.4) is 0 Å². The Hall–Kier alpha value is -2.17. The Kier molecular flexibility index (Phi) is 2.21. The van der Waals surface area contributed by atoms with Gasteiger partial charge in [-0.1, -0.05) is 0 Å². The molecule has 5 N–H and O–H groups in total. The topological polar surface area (TPSA) is 81.9 Å². The summed E-state index contributed by atoms with van der Waals surface area (Å²) in [5.74, 6) is 0. The van der Waals surface area contributed by atoms with Crippen molar-refractivity contribution in [1.29, 1.82) is 0 Å². The number of nitrogens with zero attached hydrogens (tertiary/aromatic N) is 2. The van der Waals surface area contributed by atoms with Gasteiger partial charge in [-0.2, -0.15) is 5.10 Å². The second-order valence-corrected chi connectivity index (χ2v) is 3.37. The fraction of sp³-hybridized carbons (Fsp3) is 0.100. The summed E-state index contributed by atoms with van der Waals surface area (Å²) in [7, 11) is 1.86. The first-order chi connectivity index (χ1) is 7.15. The van der Waals surface area contributed by atoms with Gasteiger partial charge in [0.1, 0.15) is 0 Å². The van der Waals surface area contributed by atoms with Crippen molar-refractivity contribution in [3.05, 3.63) is 30.6 Å². The van der Waals surface area contributed by atoms with E-state index in [4.69, 9.17) is 11.5 Å². The predicted molar refractivity (Wildman–Crippen MR) is 61.8 cm³/mol. The number of benzene rings is 1. The molecule has 0 saturated carbocycles. The summed E-state index contributed by atoms with van der Waals surface area (Å²) in [4.78, 5) is 0. The van der Waals surface area contributed by atoms with Crippen LogP contribution in [0.1, 0.15) is 0 Å². The molecule has 5 heteroatoms. The molecule has 0 spiro atoms. The number of nitrogens with two attached hydrogens (primary N) is 2. The lowest BCUT2D eigenvalue weighted by Gasteiger charge is -2.07. The molecule has 2 rings (SSSR count). The van der Waals surface area contributed by atoms with E-state index in [9.17, 15) is 0 Å². The zero-order valence-electron chi connectivity index (χ0n) is 8.44. The summed E-state index contributed by atoms with van der Waals surface area (Å²) < 4.78 is 1.72. The van der Waals surface area contributed by atoms with Crippen LogP contribution in [0.4, 0.5) is 22.7 Å². The first-order valence-electron chi connectivity index (χ1n) is 4.56. The molecule has 1 heterocycles. The zero-order valence-corrected chi connectivity index (χ0v) is 8.44. The van der Waals surface area contributed by atoms with Crippen LogP contribution in [0.15, 0.2) is 30.6 Å². The van der Waals surface area contributed by atoms with Gasteiger partial charge in [0.2, 0.25) is 0 Å². The fourth-order valence-corrected chi connectivity index (χ4v) is 1.34. The molecular formula is C10H13N5. The minimum absolute atomic E-state index is 0.624. The summed E-state index contributed by atoms with van der Waals surface area (Å²) >= 11 is 0. The Balaban J connectivity index is 2.24. The van der Waals surface area contributed by atoms with Crippen molar-refractivity contribution < 1.29 is 0 Å². The van der Waals surface area contributed by atoms with Crippen LogP contribution in [-0.4, -0.2) is 9.78 Å². The van der Waals surface area contributed by atoms with E-state index in [2.05, 4.69) is 10.4 Å². The monoisotopic (exact) mass is 203 g/mol. The molecule has 0 amide bonds. The average Bonchev–Trinajstić information content (AvgIpc) is 2.56. The molecule has 5 nitrogen and oxygen atoms in total. The van der Waals surface area contributed by atoms with Crippen molar-refractivity contribution >= 4 is 22.7 Å². The highest BCUT2D eigenvalue weighted by molar-refractivity contribution is 5.75. The molecule has 0 unspecified atom stereocenters. The van der Waals surface area contributed by atoms with Gasteiger partial charge in [0.25, 0.3) is 0 Å². The van der Waals surface area contributed by atoms with E-state index >= 15 is 0 Å². The number of rotatable bonds is 2. The van der Waals surface area contributed by atoms with Crippen molar-refractivity contribution in [2.75, 3.05) is 16.8 Å². The minimum atomic E-state index is 0.624. The van der Waals surface area contributed by atoms with E-state index in [1.165, 1.54) is 0 Å². The van der Waals surface area contributed by atoms with Gasteiger partial charge < -0.3 is 16.8 Å². The SMILES string of the molecule is Cn1cc(Nc2ccc(N)cc2N)cn1. The summed E-state index contributed by atoms with van der Waals surface area (Å²) in [6.07, 6.45) is 3.60. The molecule has 2 aromatic rings. The molecule has 0 aliphatic rings. The lowest BCUT2D eigenvalue weighted by molar-refractivity contribution is 0.768. The van der Waals surface area contributed by atoms with Crippen molar-refractivity contribution in [2.24, 2.45) is 7.05 Å². The van der Waals surface area contributed by atoms with Crippen LogP contribution in [0, 0.1) is 0 Å². The second kappa shape index (κ2) is 3.53. The van der Waals surface area contributed by atoms with E-state index in [1.807, 2.05) is 19.3 Å². The number of nitrogens with one attached hydrogen (secondary N) is 1. The summed E-state index contributed by atoms with van der Waals surface area (Å²) in [5.41, 5.74) is 14.4. The van der Waals surface area contributed by atoms with E-state index in [-0.39, 0.29) is 0 Å². The Labute approximate surface area is 87.7 Å². The molecule has 0 saturated heterocycles. The average molecular weight is 203 g/mol. The molecule has 0 bridgehead atoms. The van der Waals surface area contributed by atoms with Crippen LogP contribution < -0.4 is 16.8 Å². The number of anilines is 4. The molecule has 0 radical (unpaired) electrons. The van der Waals surface area contributed by atoms with Crippen molar-refractivity contribution in [1.82, 2.24) is 9.78 Å². The molecule has 1 aromatic carbocycles. The molecule has 15 heavy (non-hydrogen) atoms. The molecule has 0 aliphatic carbocycles. The van der Waals surface area contributed by atoms with Crippen molar-refractivity contribution in [3.63, 3.8) is 0 Å². The van der Waals surface area contributed by atoms with Gasteiger partial charge in [-0.15, -0.1) is 0 Å². The molecular weight excluding hydrogens is 190 g/mol. The standard InChI is InChI=1S/C10H13N5/c1-15-6-8(5-13-15)14-10-3-2-7(11)4-9(10)12/h2-6,14H,11-12H2,1H3. The summed E-state index contributed by atoms with van der Waals surface area (Å²) in [6.45, 7) is 0. The van der Waals surface area contributed by atoms with Gasteiger partial charge in [-0.05, 0) is 18.2 Å². The Bertz CT molecular complexity index is 474. The summed E-state index contributed by atoms with van der Waals surface area (Å²) in [5, 5.41) is 7.21. The third-order valence-electron chi connectivity index (χ3n) is 2.06. The van der Waals surface area contributed by atoms with Gasteiger partial charge >= 0.3 is 0 Å². The number of nitrogen functional groups attached to an aromatic ring is 2.